The van der Waals surface area contributed by atoms with Crippen molar-refractivity contribution in [2.24, 2.45) is 0 Å². The number of nitrogens with one attached hydrogen (secondary N) is 2. The van der Waals surface area contributed by atoms with Gasteiger partial charge < -0.3 is 10.3 Å². The van der Waals surface area contributed by atoms with Crippen molar-refractivity contribution in [3.05, 3.63) is 74.3 Å². The van der Waals surface area contributed by atoms with E-state index in [2.05, 4.69) is 15.3 Å². The maximum atomic E-state index is 14.1. The van der Waals surface area contributed by atoms with Crippen LogP contribution >= 0.6 is 0 Å². The number of nitro benzene ring substituents is 1. The van der Waals surface area contributed by atoms with Gasteiger partial charge in [0, 0.05) is 6.07 Å². The molecule has 10 heteroatoms. The molecule has 0 aliphatic carbocycles. The number of aromatic amines is 1. The topological polar surface area (TPSA) is 118 Å². The summed E-state index contributed by atoms with van der Waals surface area (Å²) in [4.78, 5) is 40.0. The maximum Gasteiger partial charge on any atom is 0.285 e. The largest absolute Gasteiger partial charge is 0.319 e. The van der Waals surface area contributed by atoms with Crippen molar-refractivity contribution in [2.45, 2.75) is 0 Å². The van der Waals surface area contributed by atoms with Gasteiger partial charge in [0.2, 0.25) is 0 Å². The van der Waals surface area contributed by atoms with Gasteiger partial charge in [-0.1, -0.05) is 0 Å². The highest BCUT2D eigenvalue weighted by Gasteiger charge is 2.22. The molecule has 1 aromatic heterocycles. The molecule has 0 bridgehead atoms. The number of fused-ring (bicyclic) bond motifs is 1. The molecule has 0 radical (unpaired) electrons. The summed E-state index contributed by atoms with van der Waals surface area (Å²) in [5.41, 5.74) is -2.06. The molecule has 0 fully saturated rings. The fourth-order valence-electron chi connectivity index (χ4n) is 2.22. The van der Waals surface area contributed by atoms with E-state index in [0.717, 1.165) is 30.6 Å². The van der Waals surface area contributed by atoms with E-state index in [9.17, 15) is 28.5 Å². The maximum absolute atomic E-state index is 14.1. The number of benzene rings is 2. The first-order chi connectivity index (χ1) is 11.9. The zero-order valence-corrected chi connectivity index (χ0v) is 12.2. The fraction of sp³-hybridized carbons (Fsp3) is 0. The summed E-state index contributed by atoms with van der Waals surface area (Å²) < 4.78 is 27.2. The third-order valence-corrected chi connectivity index (χ3v) is 3.38. The van der Waals surface area contributed by atoms with Gasteiger partial charge in [0.1, 0.15) is 17.2 Å². The van der Waals surface area contributed by atoms with E-state index in [1.165, 1.54) is 0 Å². The average Bonchev–Trinajstić information content (AvgIpc) is 2.56. The number of carbonyl (C=O) groups is 1. The molecular weight excluding hydrogens is 338 g/mol. The lowest BCUT2D eigenvalue weighted by atomic mass is 10.1. The SMILES string of the molecule is O=C(Nc1cc2c(=O)[nH]cnc2cc1F)c1ccc(F)cc1[N+](=O)[O-]. The second-order valence-electron chi connectivity index (χ2n) is 4.95. The molecule has 0 unspecified atom stereocenters. The second-order valence-corrected chi connectivity index (χ2v) is 4.95. The Hall–Kier alpha value is -3.69. The Morgan fingerprint density at radius 3 is 2.72 bits per heavy atom. The van der Waals surface area contributed by atoms with Gasteiger partial charge in [-0.25, -0.2) is 13.8 Å². The number of amides is 1. The van der Waals surface area contributed by atoms with Crippen LogP contribution in [0.25, 0.3) is 10.9 Å². The molecule has 0 saturated carbocycles. The van der Waals surface area contributed by atoms with Crippen molar-refractivity contribution >= 4 is 28.2 Å². The van der Waals surface area contributed by atoms with Gasteiger partial charge in [0.25, 0.3) is 17.2 Å². The van der Waals surface area contributed by atoms with Gasteiger partial charge in [-0.05, 0) is 18.2 Å². The van der Waals surface area contributed by atoms with E-state index in [1.54, 1.807) is 0 Å². The van der Waals surface area contributed by atoms with Crippen LogP contribution in [0.15, 0.2) is 41.5 Å². The Bertz CT molecular complexity index is 1080. The van der Waals surface area contributed by atoms with E-state index in [1.807, 2.05) is 0 Å². The van der Waals surface area contributed by atoms with E-state index in [-0.39, 0.29) is 16.6 Å². The molecule has 126 valence electrons. The molecule has 3 aromatic rings. The number of hydrogen-bond donors (Lipinski definition) is 2. The summed E-state index contributed by atoms with van der Waals surface area (Å²) in [7, 11) is 0. The molecule has 3 rings (SSSR count). The Morgan fingerprint density at radius 2 is 2.00 bits per heavy atom. The summed E-state index contributed by atoms with van der Waals surface area (Å²) in [5, 5.41) is 13.1. The number of nitro groups is 1. The molecule has 0 atom stereocenters. The minimum Gasteiger partial charge on any atom is -0.319 e. The lowest BCUT2D eigenvalue weighted by molar-refractivity contribution is -0.385. The first kappa shape index (κ1) is 16.2. The van der Waals surface area contributed by atoms with Crippen molar-refractivity contribution in [1.82, 2.24) is 9.97 Å². The Labute approximate surface area is 137 Å². The van der Waals surface area contributed by atoms with Gasteiger partial charge in [-0.15, -0.1) is 0 Å². The van der Waals surface area contributed by atoms with Crippen LogP contribution in [0.4, 0.5) is 20.2 Å². The molecule has 0 aliphatic rings. The van der Waals surface area contributed by atoms with Gasteiger partial charge in [0.05, 0.1) is 33.9 Å². The molecule has 0 spiro atoms. The van der Waals surface area contributed by atoms with Gasteiger partial charge in [-0.2, -0.15) is 0 Å². The number of rotatable bonds is 3. The number of carbonyl (C=O) groups excluding carboxylic acids is 1. The van der Waals surface area contributed by atoms with E-state index in [4.69, 9.17) is 0 Å². The third-order valence-electron chi connectivity index (χ3n) is 3.38. The van der Waals surface area contributed by atoms with Gasteiger partial charge in [-0.3, -0.25) is 19.7 Å². The van der Waals surface area contributed by atoms with Crippen LogP contribution in [0, 0.1) is 21.7 Å². The van der Waals surface area contributed by atoms with Crippen molar-refractivity contribution in [3.63, 3.8) is 0 Å². The Balaban J connectivity index is 2.03. The summed E-state index contributed by atoms with van der Waals surface area (Å²) in [6, 6.07) is 4.37. The zero-order chi connectivity index (χ0) is 18.1. The molecule has 8 nitrogen and oxygen atoms in total. The number of anilines is 1. The van der Waals surface area contributed by atoms with E-state index < -0.39 is 39.3 Å². The van der Waals surface area contributed by atoms with Crippen molar-refractivity contribution in [1.29, 1.82) is 0 Å². The first-order valence-electron chi connectivity index (χ1n) is 6.79. The van der Waals surface area contributed by atoms with E-state index in [0.29, 0.717) is 6.07 Å². The lowest BCUT2D eigenvalue weighted by Crippen LogP contribution is -2.16. The standard InChI is InChI=1S/C15H8F2N4O4/c16-7-1-2-8(13(3-7)21(24)25)15(23)20-12-4-9-11(5-10(12)17)18-6-19-14(9)22/h1-6H,(H,20,23)(H,18,19,22). The smallest absolute Gasteiger partial charge is 0.285 e. The summed E-state index contributed by atoms with van der Waals surface area (Å²) in [5.74, 6) is -2.80. The van der Waals surface area contributed by atoms with Crippen LogP contribution in [-0.2, 0) is 0 Å². The summed E-state index contributed by atoms with van der Waals surface area (Å²) >= 11 is 0. The highest BCUT2D eigenvalue weighted by molar-refractivity contribution is 6.07. The molecule has 0 saturated heterocycles. The monoisotopic (exact) mass is 346 g/mol. The second kappa shape index (κ2) is 6.07. The van der Waals surface area contributed by atoms with Crippen LogP contribution in [0.1, 0.15) is 10.4 Å². The van der Waals surface area contributed by atoms with E-state index >= 15 is 0 Å². The minimum atomic E-state index is -1.02. The minimum absolute atomic E-state index is 0.0211. The molecular formula is C15H8F2N4O4. The number of aromatic nitrogens is 2. The first-order valence-corrected chi connectivity index (χ1v) is 6.79. The van der Waals surface area contributed by atoms with Gasteiger partial charge in [0.15, 0.2) is 0 Å². The van der Waals surface area contributed by atoms with Gasteiger partial charge >= 0.3 is 0 Å². The van der Waals surface area contributed by atoms with Crippen LogP contribution in [0.2, 0.25) is 0 Å². The number of halogens is 2. The highest BCUT2D eigenvalue weighted by atomic mass is 19.1. The Kier molecular flexibility index (Phi) is 3.93. The molecule has 2 N–H and O–H groups in total. The highest BCUT2D eigenvalue weighted by Crippen LogP contribution is 2.23. The molecule has 1 heterocycles. The molecule has 0 aliphatic heterocycles. The van der Waals surface area contributed by atoms with Crippen molar-refractivity contribution < 1.29 is 18.5 Å². The average molecular weight is 346 g/mol. The molecule has 2 aromatic carbocycles. The predicted molar refractivity (Wildman–Crippen MR) is 83.3 cm³/mol. The number of nitrogens with zero attached hydrogens (tertiary/aromatic N) is 2. The van der Waals surface area contributed by atoms with Crippen molar-refractivity contribution in [3.8, 4) is 0 Å². The summed E-state index contributed by atoms with van der Waals surface area (Å²) in [6.45, 7) is 0. The number of hydrogen-bond acceptors (Lipinski definition) is 5. The normalized spacial score (nSPS) is 10.6. The van der Waals surface area contributed by atoms with Crippen molar-refractivity contribution in [2.75, 3.05) is 5.32 Å². The third kappa shape index (κ3) is 3.04. The number of H-pyrrole nitrogens is 1. The zero-order valence-electron chi connectivity index (χ0n) is 12.2. The van der Waals surface area contributed by atoms with Crippen LogP contribution in [-0.4, -0.2) is 20.8 Å². The summed E-state index contributed by atoms with van der Waals surface area (Å²) in [6.07, 6.45) is 1.10. The molecule has 25 heavy (non-hydrogen) atoms. The van der Waals surface area contributed by atoms with Crippen LogP contribution in [0.5, 0.6) is 0 Å². The van der Waals surface area contributed by atoms with Crippen LogP contribution in [0.3, 0.4) is 0 Å². The quantitative estimate of drug-likeness (QED) is 0.557. The Morgan fingerprint density at radius 1 is 1.24 bits per heavy atom. The lowest BCUT2D eigenvalue weighted by Gasteiger charge is -2.08. The fourth-order valence-corrected chi connectivity index (χ4v) is 2.22. The molecule has 1 amide bonds. The predicted octanol–water partition coefficient (Wildman–Crippen LogP) is 2.36. The van der Waals surface area contributed by atoms with Crippen LogP contribution < -0.4 is 10.9 Å².